The number of benzene rings is 1. The third-order valence-electron chi connectivity index (χ3n) is 4.08. The van der Waals surface area contributed by atoms with E-state index in [1.54, 1.807) is 11.1 Å². The van der Waals surface area contributed by atoms with Crippen LogP contribution >= 0.6 is 0 Å². The Labute approximate surface area is 98.3 Å². The van der Waals surface area contributed by atoms with Gasteiger partial charge >= 0.3 is 0 Å². The molecule has 1 aromatic carbocycles. The van der Waals surface area contributed by atoms with E-state index in [2.05, 4.69) is 36.5 Å². The Kier molecular flexibility index (Phi) is 2.72. The van der Waals surface area contributed by atoms with Crippen molar-refractivity contribution in [1.82, 2.24) is 5.32 Å². The second kappa shape index (κ2) is 4.21. The molecular weight excluding hydrogens is 194 g/mol. The molecule has 1 saturated carbocycles. The van der Waals surface area contributed by atoms with Gasteiger partial charge in [0, 0.05) is 6.04 Å². The molecule has 3 rings (SSSR count). The first-order valence-corrected chi connectivity index (χ1v) is 6.66. The van der Waals surface area contributed by atoms with Crippen LogP contribution in [-0.4, -0.2) is 6.54 Å². The smallest absolute Gasteiger partial charge is 0.0351 e. The van der Waals surface area contributed by atoms with E-state index in [1.807, 2.05) is 0 Å². The molecule has 0 bridgehead atoms. The Morgan fingerprint density at radius 3 is 2.75 bits per heavy atom. The average Bonchev–Trinajstić information content (AvgIpc) is 3.10. The quantitative estimate of drug-likeness (QED) is 0.758. The van der Waals surface area contributed by atoms with Gasteiger partial charge in [-0.05, 0) is 55.2 Å². The summed E-state index contributed by atoms with van der Waals surface area (Å²) >= 11 is 0. The predicted molar refractivity (Wildman–Crippen MR) is 67.4 cm³/mol. The molecule has 0 aromatic heterocycles. The zero-order valence-corrected chi connectivity index (χ0v) is 10.1. The molecule has 2 unspecified atom stereocenters. The van der Waals surface area contributed by atoms with Crippen LogP contribution in [0.1, 0.15) is 43.4 Å². The van der Waals surface area contributed by atoms with Crippen molar-refractivity contribution in [2.24, 2.45) is 11.8 Å². The Morgan fingerprint density at radius 1 is 1.12 bits per heavy atom. The zero-order chi connectivity index (χ0) is 11.0. The molecule has 1 aromatic rings. The molecule has 1 heteroatoms. The highest BCUT2D eigenvalue weighted by Crippen LogP contribution is 2.42. The summed E-state index contributed by atoms with van der Waals surface area (Å²) in [5, 5.41) is 3.79. The fourth-order valence-electron chi connectivity index (χ4n) is 2.86. The fraction of sp³-hybridized carbons (Fsp3) is 0.600. The van der Waals surface area contributed by atoms with Crippen LogP contribution in [0.25, 0.3) is 0 Å². The van der Waals surface area contributed by atoms with Gasteiger partial charge in [-0.25, -0.2) is 0 Å². The van der Waals surface area contributed by atoms with Gasteiger partial charge in [-0.3, -0.25) is 0 Å². The van der Waals surface area contributed by atoms with E-state index >= 15 is 0 Å². The molecule has 1 aliphatic carbocycles. The van der Waals surface area contributed by atoms with Crippen molar-refractivity contribution in [2.75, 3.05) is 6.54 Å². The lowest BCUT2D eigenvalue weighted by atomic mass is 9.89. The van der Waals surface area contributed by atoms with Gasteiger partial charge in [0.05, 0.1) is 0 Å². The standard InChI is InChI=1S/C15H21N/c1-11-6-7-12-4-2-3-5-14(12)15(16-10-11)13-8-9-13/h2-5,11,13,15-16H,6-10H2,1H3. The van der Waals surface area contributed by atoms with Gasteiger partial charge in [-0.1, -0.05) is 31.2 Å². The van der Waals surface area contributed by atoms with Crippen LogP contribution in [0.5, 0.6) is 0 Å². The van der Waals surface area contributed by atoms with E-state index in [4.69, 9.17) is 0 Å². The van der Waals surface area contributed by atoms with Gasteiger partial charge in [0.25, 0.3) is 0 Å². The summed E-state index contributed by atoms with van der Waals surface area (Å²) in [4.78, 5) is 0. The van der Waals surface area contributed by atoms with Crippen molar-refractivity contribution in [2.45, 2.75) is 38.6 Å². The number of hydrogen-bond acceptors (Lipinski definition) is 1. The van der Waals surface area contributed by atoms with Crippen LogP contribution < -0.4 is 5.32 Å². The molecule has 2 aliphatic rings. The first-order valence-electron chi connectivity index (χ1n) is 6.66. The molecule has 1 nitrogen and oxygen atoms in total. The van der Waals surface area contributed by atoms with Gasteiger partial charge < -0.3 is 5.32 Å². The third-order valence-corrected chi connectivity index (χ3v) is 4.08. The molecule has 0 amide bonds. The number of fused-ring (bicyclic) bond motifs is 1. The van der Waals surface area contributed by atoms with E-state index in [1.165, 1.54) is 32.2 Å². The summed E-state index contributed by atoms with van der Waals surface area (Å²) in [6, 6.07) is 9.68. The Hall–Kier alpha value is -0.820. The van der Waals surface area contributed by atoms with Gasteiger partial charge in [0.2, 0.25) is 0 Å². The minimum atomic E-state index is 0.638. The molecule has 1 fully saturated rings. The highest BCUT2D eigenvalue weighted by molar-refractivity contribution is 5.32. The van der Waals surface area contributed by atoms with Crippen molar-refractivity contribution in [3.05, 3.63) is 35.4 Å². The van der Waals surface area contributed by atoms with E-state index in [9.17, 15) is 0 Å². The Balaban J connectivity index is 1.93. The van der Waals surface area contributed by atoms with Crippen molar-refractivity contribution in [3.8, 4) is 0 Å². The highest BCUT2D eigenvalue weighted by Gasteiger charge is 2.33. The number of nitrogens with one attached hydrogen (secondary N) is 1. The van der Waals surface area contributed by atoms with E-state index in [0.717, 1.165) is 11.8 Å². The normalized spacial score (nSPS) is 30.3. The highest BCUT2D eigenvalue weighted by atomic mass is 14.9. The largest absolute Gasteiger partial charge is 0.309 e. The average molecular weight is 215 g/mol. The maximum atomic E-state index is 3.79. The van der Waals surface area contributed by atoms with Crippen molar-refractivity contribution >= 4 is 0 Å². The van der Waals surface area contributed by atoms with Crippen LogP contribution in [0, 0.1) is 11.8 Å². The molecule has 2 atom stereocenters. The molecule has 86 valence electrons. The first-order chi connectivity index (χ1) is 7.84. The summed E-state index contributed by atoms with van der Waals surface area (Å²) in [6.07, 6.45) is 5.42. The lowest BCUT2D eigenvalue weighted by Gasteiger charge is -2.27. The van der Waals surface area contributed by atoms with Crippen LogP contribution in [0.3, 0.4) is 0 Å². The third kappa shape index (κ3) is 2.01. The number of rotatable bonds is 1. The SMILES string of the molecule is CC1CCc2ccccc2C(C2CC2)NC1. The van der Waals surface area contributed by atoms with E-state index in [-0.39, 0.29) is 0 Å². The molecule has 0 saturated heterocycles. The van der Waals surface area contributed by atoms with Gasteiger partial charge in [0.1, 0.15) is 0 Å². The maximum Gasteiger partial charge on any atom is 0.0351 e. The minimum absolute atomic E-state index is 0.638. The van der Waals surface area contributed by atoms with Crippen LogP contribution in [0.4, 0.5) is 0 Å². The van der Waals surface area contributed by atoms with Crippen molar-refractivity contribution < 1.29 is 0 Å². The molecule has 1 heterocycles. The number of hydrogen-bond donors (Lipinski definition) is 1. The molecule has 1 aliphatic heterocycles. The Bertz CT molecular complexity index is 367. The topological polar surface area (TPSA) is 12.0 Å². The maximum absolute atomic E-state index is 3.79. The second-order valence-electron chi connectivity index (χ2n) is 5.57. The van der Waals surface area contributed by atoms with Gasteiger partial charge in [-0.2, -0.15) is 0 Å². The molecular formula is C15H21N. The lowest BCUT2D eigenvalue weighted by molar-refractivity contribution is 0.393. The van der Waals surface area contributed by atoms with Crippen molar-refractivity contribution in [3.63, 3.8) is 0 Å². The lowest BCUT2D eigenvalue weighted by Crippen LogP contribution is -2.30. The predicted octanol–water partition coefficient (Wildman–Crippen LogP) is 3.31. The van der Waals surface area contributed by atoms with E-state index in [0.29, 0.717) is 6.04 Å². The van der Waals surface area contributed by atoms with E-state index < -0.39 is 0 Å². The summed E-state index contributed by atoms with van der Waals surface area (Å²) in [7, 11) is 0. The molecule has 0 radical (unpaired) electrons. The minimum Gasteiger partial charge on any atom is -0.309 e. The Morgan fingerprint density at radius 2 is 1.94 bits per heavy atom. The van der Waals surface area contributed by atoms with Crippen molar-refractivity contribution in [1.29, 1.82) is 0 Å². The van der Waals surface area contributed by atoms with Crippen LogP contribution in [0.15, 0.2) is 24.3 Å². The van der Waals surface area contributed by atoms with Crippen LogP contribution in [-0.2, 0) is 6.42 Å². The summed E-state index contributed by atoms with van der Waals surface area (Å²) in [5.74, 6) is 1.72. The van der Waals surface area contributed by atoms with Gasteiger partial charge in [-0.15, -0.1) is 0 Å². The van der Waals surface area contributed by atoms with Gasteiger partial charge in [0.15, 0.2) is 0 Å². The fourth-order valence-corrected chi connectivity index (χ4v) is 2.86. The second-order valence-corrected chi connectivity index (χ2v) is 5.57. The first kappa shape index (κ1) is 10.3. The molecule has 0 spiro atoms. The summed E-state index contributed by atoms with van der Waals surface area (Å²) < 4.78 is 0. The van der Waals surface area contributed by atoms with Crippen LogP contribution in [0.2, 0.25) is 0 Å². The molecule has 16 heavy (non-hydrogen) atoms. The zero-order valence-electron chi connectivity index (χ0n) is 10.1. The summed E-state index contributed by atoms with van der Waals surface area (Å²) in [6.45, 7) is 3.56. The number of aryl methyl sites for hydroxylation is 1. The molecule has 1 N–H and O–H groups in total. The monoisotopic (exact) mass is 215 g/mol. The summed E-state index contributed by atoms with van der Waals surface area (Å²) in [5.41, 5.74) is 3.16.